The van der Waals surface area contributed by atoms with Crippen LogP contribution in [-0.4, -0.2) is 27.6 Å². The molecule has 1 aliphatic heterocycles. The fraction of sp³-hybridized carbons (Fsp3) is 0.357. The van der Waals surface area contributed by atoms with Gasteiger partial charge in [-0.2, -0.15) is 0 Å². The average molecular weight is 320 g/mol. The first-order valence-corrected chi connectivity index (χ1v) is 7.40. The summed E-state index contributed by atoms with van der Waals surface area (Å²) in [6.07, 6.45) is 3.21. The molecule has 1 aromatic heterocycles. The van der Waals surface area contributed by atoms with Gasteiger partial charge in [0.15, 0.2) is 4.77 Å². The summed E-state index contributed by atoms with van der Waals surface area (Å²) in [5.74, 6) is 0.698. The lowest BCUT2D eigenvalue weighted by Gasteiger charge is -2.27. The monoisotopic (exact) mass is 320 g/mol. The van der Waals surface area contributed by atoms with Crippen LogP contribution in [0, 0.1) is 14.9 Å². The van der Waals surface area contributed by atoms with Crippen molar-refractivity contribution in [2.24, 2.45) is 5.73 Å². The fourth-order valence-corrected chi connectivity index (χ4v) is 3.12. The van der Waals surface area contributed by atoms with Crippen molar-refractivity contribution in [3.05, 3.63) is 50.5 Å². The second kappa shape index (κ2) is 5.90. The van der Waals surface area contributed by atoms with Crippen LogP contribution in [-0.2, 0) is 12.8 Å². The molecule has 0 aliphatic carbocycles. The van der Waals surface area contributed by atoms with Crippen molar-refractivity contribution in [1.29, 1.82) is 0 Å². The molecule has 7 nitrogen and oxygen atoms in total. The van der Waals surface area contributed by atoms with Gasteiger partial charge in [0, 0.05) is 42.4 Å². The van der Waals surface area contributed by atoms with E-state index >= 15 is 0 Å². The third-order valence-electron chi connectivity index (χ3n) is 3.80. The highest BCUT2D eigenvalue weighted by Gasteiger charge is 2.25. The number of rotatable bonds is 4. The lowest BCUT2D eigenvalue weighted by atomic mass is 10.0. The van der Waals surface area contributed by atoms with Crippen LogP contribution in [0.2, 0.25) is 0 Å². The first kappa shape index (κ1) is 14.7. The van der Waals surface area contributed by atoms with Crippen molar-refractivity contribution in [2.45, 2.75) is 18.9 Å². The summed E-state index contributed by atoms with van der Waals surface area (Å²) in [5, 5.41) is 10.9. The maximum atomic E-state index is 10.9. The molecule has 1 aliphatic rings. The van der Waals surface area contributed by atoms with Crippen molar-refractivity contribution in [3.63, 3.8) is 0 Å². The molecule has 0 bridgehead atoms. The minimum Gasteiger partial charge on any atom is -0.491 e. The third kappa shape index (κ3) is 2.62. The number of benzene rings is 1. The first-order valence-electron chi connectivity index (χ1n) is 6.99. The van der Waals surface area contributed by atoms with Gasteiger partial charge >= 0.3 is 0 Å². The number of non-ortho nitro benzene ring substituents is 1. The Morgan fingerprint density at radius 2 is 2.36 bits per heavy atom. The van der Waals surface area contributed by atoms with E-state index < -0.39 is 4.92 Å². The van der Waals surface area contributed by atoms with Crippen LogP contribution in [0.5, 0.6) is 5.75 Å². The lowest BCUT2D eigenvalue weighted by molar-refractivity contribution is -0.385. The molecule has 1 unspecified atom stereocenters. The van der Waals surface area contributed by atoms with E-state index in [1.165, 1.54) is 6.07 Å². The molecule has 1 atom stereocenters. The SMILES string of the molecule is NCCc1c[nH]c(=S)n1C1COc2ccc([N+](=O)[O-])cc2C1. The molecule has 3 N–H and O–H groups in total. The summed E-state index contributed by atoms with van der Waals surface area (Å²) >= 11 is 5.34. The average Bonchev–Trinajstić information content (AvgIpc) is 2.87. The molecule has 1 aromatic carbocycles. The molecule has 0 saturated carbocycles. The van der Waals surface area contributed by atoms with Gasteiger partial charge in [-0.15, -0.1) is 0 Å². The summed E-state index contributed by atoms with van der Waals surface area (Å²) in [6, 6.07) is 4.69. The molecule has 8 heteroatoms. The lowest BCUT2D eigenvalue weighted by Crippen LogP contribution is -2.26. The largest absolute Gasteiger partial charge is 0.491 e. The second-order valence-corrected chi connectivity index (χ2v) is 5.60. The third-order valence-corrected chi connectivity index (χ3v) is 4.11. The number of nitrogens with two attached hydrogens (primary N) is 1. The number of nitro groups is 1. The highest BCUT2D eigenvalue weighted by atomic mass is 32.1. The van der Waals surface area contributed by atoms with E-state index in [0.717, 1.165) is 11.3 Å². The molecule has 3 rings (SSSR count). The molecule has 0 amide bonds. The summed E-state index contributed by atoms with van der Waals surface area (Å²) < 4.78 is 8.37. The Kier molecular flexibility index (Phi) is 3.95. The Morgan fingerprint density at radius 3 is 3.09 bits per heavy atom. The van der Waals surface area contributed by atoms with Crippen molar-refractivity contribution in [3.8, 4) is 5.75 Å². The number of nitrogens with one attached hydrogen (secondary N) is 1. The van der Waals surface area contributed by atoms with Crippen LogP contribution < -0.4 is 10.5 Å². The summed E-state index contributed by atoms with van der Waals surface area (Å²) in [6.45, 7) is 1.01. The number of aromatic nitrogens is 2. The van der Waals surface area contributed by atoms with Crippen LogP contribution in [0.3, 0.4) is 0 Å². The number of imidazole rings is 1. The Bertz CT molecular complexity index is 768. The fourth-order valence-electron chi connectivity index (χ4n) is 2.80. The predicted octanol–water partition coefficient (Wildman–Crippen LogP) is 2.13. The van der Waals surface area contributed by atoms with Gasteiger partial charge in [-0.05, 0) is 24.8 Å². The number of nitrogens with zero attached hydrogens (tertiary/aromatic N) is 2. The van der Waals surface area contributed by atoms with Crippen LogP contribution >= 0.6 is 12.2 Å². The van der Waals surface area contributed by atoms with Crippen molar-refractivity contribution in [2.75, 3.05) is 13.2 Å². The number of aromatic amines is 1. The van der Waals surface area contributed by atoms with E-state index in [0.29, 0.717) is 36.5 Å². The number of ether oxygens (including phenoxy) is 1. The topological polar surface area (TPSA) is 99.1 Å². The first-order chi connectivity index (χ1) is 10.6. The van der Waals surface area contributed by atoms with E-state index in [2.05, 4.69) is 4.98 Å². The highest BCUT2D eigenvalue weighted by molar-refractivity contribution is 7.71. The minimum atomic E-state index is -0.397. The van der Waals surface area contributed by atoms with Crippen molar-refractivity contribution >= 4 is 17.9 Å². The number of hydrogen-bond acceptors (Lipinski definition) is 5. The summed E-state index contributed by atoms with van der Waals surface area (Å²) in [4.78, 5) is 13.5. The normalized spacial score (nSPS) is 16.9. The summed E-state index contributed by atoms with van der Waals surface area (Å²) in [5.41, 5.74) is 7.55. The molecule has 2 heterocycles. The minimum absolute atomic E-state index is 0.00908. The van der Waals surface area contributed by atoms with E-state index in [1.807, 2.05) is 10.8 Å². The van der Waals surface area contributed by atoms with Gasteiger partial charge in [0.25, 0.3) is 5.69 Å². The Hall–Kier alpha value is -2.19. The van der Waals surface area contributed by atoms with Gasteiger partial charge in [-0.1, -0.05) is 0 Å². The smallest absolute Gasteiger partial charge is 0.269 e. The highest BCUT2D eigenvalue weighted by Crippen LogP contribution is 2.33. The van der Waals surface area contributed by atoms with Crippen LogP contribution in [0.15, 0.2) is 24.4 Å². The van der Waals surface area contributed by atoms with Gasteiger partial charge in [-0.3, -0.25) is 10.1 Å². The van der Waals surface area contributed by atoms with E-state index in [-0.39, 0.29) is 11.7 Å². The second-order valence-electron chi connectivity index (χ2n) is 5.21. The molecular formula is C14H16N4O3S. The zero-order valence-electron chi connectivity index (χ0n) is 11.8. The number of H-pyrrole nitrogens is 1. The van der Waals surface area contributed by atoms with E-state index in [1.54, 1.807) is 12.1 Å². The van der Waals surface area contributed by atoms with Crippen LogP contribution in [0.4, 0.5) is 5.69 Å². The molecule has 0 fully saturated rings. The maximum absolute atomic E-state index is 10.9. The molecule has 0 saturated heterocycles. The molecule has 2 aromatic rings. The molecule has 0 radical (unpaired) electrons. The predicted molar refractivity (Wildman–Crippen MR) is 83.7 cm³/mol. The quantitative estimate of drug-likeness (QED) is 0.511. The molecule has 0 spiro atoms. The van der Waals surface area contributed by atoms with Gasteiger partial charge in [0.2, 0.25) is 0 Å². The van der Waals surface area contributed by atoms with Crippen molar-refractivity contribution in [1.82, 2.24) is 9.55 Å². The number of fused-ring (bicyclic) bond motifs is 1. The van der Waals surface area contributed by atoms with Gasteiger partial charge in [-0.25, -0.2) is 0 Å². The standard InChI is InChI=1S/C14H16N4O3S/c15-4-3-11-7-16-14(22)17(11)12-6-9-5-10(18(19)20)1-2-13(9)21-8-12/h1-2,5,7,12H,3-4,6,8,15H2,(H,16,22). The molecule has 116 valence electrons. The Morgan fingerprint density at radius 1 is 1.55 bits per heavy atom. The molecular weight excluding hydrogens is 304 g/mol. The maximum Gasteiger partial charge on any atom is 0.269 e. The van der Waals surface area contributed by atoms with E-state index in [9.17, 15) is 10.1 Å². The van der Waals surface area contributed by atoms with E-state index in [4.69, 9.17) is 22.7 Å². The molecule has 22 heavy (non-hydrogen) atoms. The van der Waals surface area contributed by atoms with Crippen LogP contribution in [0.1, 0.15) is 17.3 Å². The van der Waals surface area contributed by atoms with Crippen LogP contribution in [0.25, 0.3) is 0 Å². The Balaban J connectivity index is 1.94. The van der Waals surface area contributed by atoms with Gasteiger partial charge < -0.3 is 20.0 Å². The summed E-state index contributed by atoms with van der Waals surface area (Å²) in [7, 11) is 0. The van der Waals surface area contributed by atoms with Gasteiger partial charge in [0.05, 0.1) is 11.0 Å². The number of hydrogen-bond donors (Lipinski definition) is 2. The zero-order chi connectivity index (χ0) is 15.7. The van der Waals surface area contributed by atoms with Crippen molar-refractivity contribution < 1.29 is 9.66 Å². The zero-order valence-corrected chi connectivity index (χ0v) is 12.6. The number of nitro benzene ring substituents is 1. The van der Waals surface area contributed by atoms with Gasteiger partial charge in [0.1, 0.15) is 12.4 Å². The Labute approximate surface area is 131 Å².